The molecule has 7 nitrogen and oxygen atoms in total. The van der Waals surface area contributed by atoms with Crippen molar-refractivity contribution in [1.82, 2.24) is 24.8 Å². The first-order chi connectivity index (χ1) is 17.6. The lowest BCUT2D eigenvalue weighted by atomic mass is 9.95. The second-order valence-electron chi connectivity index (χ2n) is 9.26. The second-order valence-corrected chi connectivity index (χ2v) is 11.9. The van der Waals surface area contributed by atoms with E-state index in [0.717, 1.165) is 52.9 Å². The predicted molar refractivity (Wildman–Crippen MR) is 145 cm³/mol. The summed E-state index contributed by atoms with van der Waals surface area (Å²) in [4.78, 5) is 45.7. The van der Waals surface area contributed by atoms with Crippen molar-refractivity contribution in [2.45, 2.75) is 50.3 Å². The van der Waals surface area contributed by atoms with Gasteiger partial charge in [-0.3, -0.25) is 9.59 Å². The largest absolute Gasteiger partial charge is 0.348 e. The Labute approximate surface area is 221 Å². The van der Waals surface area contributed by atoms with Crippen LogP contribution in [0.25, 0.3) is 10.2 Å². The summed E-state index contributed by atoms with van der Waals surface area (Å²) in [7, 11) is 0. The molecule has 6 rings (SSSR count). The molecular formula is C26H26ClN5O2S2. The number of hydrogen-bond donors (Lipinski definition) is 2. The van der Waals surface area contributed by atoms with Crippen LogP contribution < -0.4 is 5.56 Å². The molecule has 4 aromatic rings. The molecule has 1 unspecified atom stereocenters. The minimum atomic E-state index is -0.222. The number of imidazole rings is 1. The summed E-state index contributed by atoms with van der Waals surface area (Å²) in [6, 6.07) is 7.41. The van der Waals surface area contributed by atoms with Crippen LogP contribution in [-0.4, -0.2) is 43.0 Å². The van der Waals surface area contributed by atoms with Gasteiger partial charge in [0.05, 0.1) is 23.2 Å². The van der Waals surface area contributed by atoms with Gasteiger partial charge in [0.15, 0.2) is 0 Å². The van der Waals surface area contributed by atoms with Crippen molar-refractivity contribution in [3.8, 4) is 0 Å². The number of carbonyl (C=O) groups is 1. The van der Waals surface area contributed by atoms with Crippen LogP contribution in [0.3, 0.4) is 0 Å². The lowest BCUT2D eigenvalue weighted by Crippen LogP contribution is -2.40. The zero-order valence-electron chi connectivity index (χ0n) is 19.7. The van der Waals surface area contributed by atoms with E-state index in [2.05, 4.69) is 15.0 Å². The molecule has 1 aliphatic carbocycles. The number of aromatic nitrogens is 4. The summed E-state index contributed by atoms with van der Waals surface area (Å²) < 4.78 is 0. The Kier molecular flexibility index (Phi) is 6.62. The van der Waals surface area contributed by atoms with Gasteiger partial charge in [0, 0.05) is 40.7 Å². The van der Waals surface area contributed by atoms with E-state index in [1.807, 2.05) is 29.2 Å². The molecule has 1 amide bonds. The molecule has 0 saturated heterocycles. The SMILES string of the molecule is O=C(CCSCc1nc2sc3c(c2c(=O)[nH]1)CCCC3)N1CCc2[nH]cnc2C1c1ccc(Cl)cc1. The molecule has 10 heteroatoms. The number of rotatable bonds is 6. The van der Waals surface area contributed by atoms with E-state index in [0.29, 0.717) is 35.3 Å². The zero-order valence-corrected chi connectivity index (χ0v) is 22.1. The normalized spacial score (nSPS) is 17.2. The van der Waals surface area contributed by atoms with Crippen LogP contribution in [-0.2, 0) is 29.8 Å². The minimum absolute atomic E-state index is 0.0278. The van der Waals surface area contributed by atoms with Crippen molar-refractivity contribution < 1.29 is 4.79 Å². The fourth-order valence-corrected chi connectivity index (χ4v) is 7.48. The van der Waals surface area contributed by atoms with Crippen molar-refractivity contribution in [1.29, 1.82) is 0 Å². The number of aromatic amines is 2. The van der Waals surface area contributed by atoms with Crippen LogP contribution in [0.5, 0.6) is 0 Å². The quantitative estimate of drug-likeness (QED) is 0.335. The Hall–Kier alpha value is -2.62. The number of halogens is 1. The molecule has 1 atom stereocenters. The maximum atomic E-state index is 13.3. The molecule has 2 N–H and O–H groups in total. The predicted octanol–water partition coefficient (Wildman–Crippen LogP) is 5.04. The van der Waals surface area contributed by atoms with Gasteiger partial charge in [-0.15, -0.1) is 11.3 Å². The van der Waals surface area contributed by atoms with E-state index < -0.39 is 0 Å². The number of thiophene rings is 1. The average molecular weight is 540 g/mol. The Bertz CT molecular complexity index is 1480. The molecular weight excluding hydrogens is 514 g/mol. The minimum Gasteiger partial charge on any atom is -0.348 e. The lowest BCUT2D eigenvalue weighted by molar-refractivity contribution is -0.132. The summed E-state index contributed by atoms with van der Waals surface area (Å²) in [6.07, 6.45) is 7.22. The highest BCUT2D eigenvalue weighted by Gasteiger charge is 2.33. The first-order valence-corrected chi connectivity index (χ1v) is 14.6. The third kappa shape index (κ3) is 4.48. The third-order valence-corrected chi connectivity index (χ3v) is 9.41. The van der Waals surface area contributed by atoms with Crippen LogP contribution in [0, 0.1) is 0 Å². The van der Waals surface area contributed by atoms with Gasteiger partial charge in [-0.25, -0.2) is 9.97 Å². The van der Waals surface area contributed by atoms with E-state index in [4.69, 9.17) is 16.6 Å². The van der Waals surface area contributed by atoms with Gasteiger partial charge in [0.25, 0.3) is 5.56 Å². The van der Waals surface area contributed by atoms with Crippen LogP contribution in [0.1, 0.15) is 58.5 Å². The topological polar surface area (TPSA) is 94.7 Å². The maximum absolute atomic E-state index is 13.3. The summed E-state index contributed by atoms with van der Waals surface area (Å²) in [5, 5.41) is 1.45. The maximum Gasteiger partial charge on any atom is 0.259 e. The van der Waals surface area contributed by atoms with Crippen molar-refractivity contribution >= 4 is 50.8 Å². The van der Waals surface area contributed by atoms with Crippen molar-refractivity contribution in [2.75, 3.05) is 12.3 Å². The van der Waals surface area contributed by atoms with Crippen LogP contribution in [0.2, 0.25) is 5.02 Å². The third-order valence-electron chi connectivity index (χ3n) is 7.00. The number of H-pyrrole nitrogens is 2. The van der Waals surface area contributed by atoms with Gasteiger partial charge in [-0.1, -0.05) is 23.7 Å². The number of nitrogens with zero attached hydrogens (tertiary/aromatic N) is 3. The molecule has 0 bridgehead atoms. The molecule has 3 aromatic heterocycles. The van der Waals surface area contributed by atoms with Gasteiger partial charge in [0.1, 0.15) is 16.7 Å². The molecule has 36 heavy (non-hydrogen) atoms. The molecule has 2 aliphatic rings. The molecule has 0 fully saturated rings. The number of nitrogens with one attached hydrogen (secondary N) is 2. The number of hydrogen-bond acceptors (Lipinski definition) is 6. The standard InChI is InChI=1S/C26H26ClN5O2S2/c27-16-7-5-15(6-8-16)24-23-18(28-14-29-23)9-11-32(24)21(33)10-12-35-13-20-30-25(34)22-17-3-1-2-4-19(17)36-26(22)31-20/h5-8,14,24H,1-4,9-13H2,(H,28,29)(H,30,31,34). The van der Waals surface area contributed by atoms with E-state index in [-0.39, 0.29) is 17.5 Å². The number of fused-ring (bicyclic) bond motifs is 4. The van der Waals surface area contributed by atoms with Gasteiger partial charge < -0.3 is 14.9 Å². The Morgan fingerprint density at radius 3 is 2.89 bits per heavy atom. The highest BCUT2D eigenvalue weighted by Crippen LogP contribution is 2.35. The smallest absolute Gasteiger partial charge is 0.259 e. The first-order valence-electron chi connectivity index (χ1n) is 12.3. The molecule has 0 radical (unpaired) electrons. The second kappa shape index (κ2) is 10.0. The lowest BCUT2D eigenvalue weighted by Gasteiger charge is -2.35. The van der Waals surface area contributed by atoms with Crippen LogP contribution in [0.4, 0.5) is 0 Å². The van der Waals surface area contributed by atoms with Gasteiger partial charge in [-0.2, -0.15) is 11.8 Å². The highest BCUT2D eigenvalue weighted by atomic mass is 35.5. The fourth-order valence-electron chi connectivity index (χ4n) is 5.28. The van der Waals surface area contributed by atoms with Gasteiger partial charge in [0.2, 0.25) is 5.91 Å². The molecule has 4 heterocycles. The molecule has 1 aromatic carbocycles. The van der Waals surface area contributed by atoms with Crippen LogP contribution >= 0.6 is 34.7 Å². The fraction of sp³-hybridized carbons (Fsp3) is 0.385. The summed E-state index contributed by atoms with van der Waals surface area (Å²) >= 11 is 9.39. The Balaban J connectivity index is 1.12. The van der Waals surface area contributed by atoms with Crippen molar-refractivity contribution in [3.05, 3.63) is 79.2 Å². The van der Waals surface area contributed by atoms with Crippen molar-refractivity contribution in [2.24, 2.45) is 0 Å². The van der Waals surface area contributed by atoms with Crippen LogP contribution in [0.15, 0.2) is 35.4 Å². The number of aryl methyl sites for hydroxylation is 2. The number of amides is 1. The molecule has 1 aliphatic heterocycles. The van der Waals surface area contributed by atoms with E-state index in [1.165, 1.54) is 16.9 Å². The van der Waals surface area contributed by atoms with E-state index in [9.17, 15) is 9.59 Å². The summed E-state index contributed by atoms with van der Waals surface area (Å²) in [5.41, 5.74) is 4.16. The number of thioether (sulfide) groups is 1. The monoisotopic (exact) mass is 539 g/mol. The van der Waals surface area contributed by atoms with Gasteiger partial charge >= 0.3 is 0 Å². The van der Waals surface area contributed by atoms with Crippen molar-refractivity contribution in [3.63, 3.8) is 0 Å². The average Bonchev–Trinajstić information content (AvgIpc) is 3.51. The Morgan fingerprint density at radius 2 is 2.03 bits per heavy atom. The number of benzene rings is 1. The Morgan fingerprint density at radius 1 is 1.19 bits per heavy atom. The molecule has 0 spiro atoms. The molecule has 186 valence electrons. The first kappa shape index (κ1) is 23.8. The van der Waals surface area contributed by atoms with E-state index >= 15 is 0 Å². The van der Waals surface area contributed by atoms with Gasteiger partial charge in [-0.05, 0) is 48.9 Å². The van der Waals surface area contributed by atoms with E-state index in [1.54, 1.807) is 29.4 Å². The summed E-state index contributed by atoms with van der Waals surface area (Å²) in [5.74, 6) is 2.00. The summed E-state index contributed by atoms with van der Waals surface area (Å²) in [6.45, 7) is 0.639. The number of carbonyl (C=O) groups excluding carboxylic acids is 1. The highest BCUT2D eigenvalue weighted by molar-refractivity contribution is 7.98. The molecule has 0 saturated carbocycles. The zero-order chi connectivity index (χ0) is 24.6.